The highest BCUT2D eigenvalue weighted by molar-refractivity contribution is 7.87. The van der Waals surface area contributed by atoms with Crippen LogP contribution in [0.5, 0.6) is 0 Å². The average Bonchev–Trinajstić information content (AvgIpc) is 2.89. The molecular weight excluding hydrogens is 358 g/mol. The van der Waals surface area contributed by atoms with Gasteiger partial charge in [-0.3, -0.25) is 4.90 Å². The average molecular weight is 388 g/mol. The molecule has 25 heavy (non-hydrogen) atoms. The number of benzene rings is 1. The Bertz CT molecular complexity index is 627. The van der Waals surface area contributed by atoms with Crippen molar-refractivity contribution in [2.45, 2.75) is 45.6 Å². The van der Waals surface area contributed by atoms with Crippen molar-refractivity contribution in [1.29, 1.82) is 0 Å². The lowest BCUT2D eigenvalue weighted by Gasteiger charge is -2.31. The molecule has 5 nitrogen and oxygen atoms in total. The molecule has 1 heterocycles. The first-order chi connectivity index (χ1) is 12.0. The summed E-state index contributed by atoms with van der Waals surface area (Å²) in [6, 6.07) is 7.60. The maximum absolute atomic E-state index is 12.7. The molecule has 0 saturated carbocycles. The summed E-state index contributed by atoms with van der Waals surface area (Å²) < 4.78 is 29.9. The van der Waals surface area contributed by atoms with Gasteiger partial charge in [0, 0.05) is 30.7 Å². The topological polar surface area (TPSA) is 52.7 Å². The van der Waals surface area contributed by atoms with E-state index < -0.39 is 10.2 Å². The molecule has 0 spiro atoms. The molecule has 142 valence electrons. The van der Waals surface area contributed by atoms with E-state index in [1.54, 1.807) is 4.31 Å². The van der Waals surface area contributed by atoms with E-state index in [4.69, 9.17) is 11.6 Å². The maximum Gasteiger partial charge on any atom is 0.279 e. The van der Waals surface area contributed by atoms with Gasteiger partial charge in [-0.2, -0.15) is 12.7 Å². The van der Waals surface area contributed by atoms with Crippen LogP contribution in [0.25, 0.3) is 0 Å². The van der Waals surface area contributed by atoms with Crippen molar-refractivity contribution in [3.8, 4) is 0 Å². The highest BCUT2D eigenvalue weighted by Gasteiger charge is 2.26. The van der Waals surface area contributed by atoms with Crippen LogP contribution >= 0.6 is 11.6 Å². The number of nitrogens with one attached hydrogen (secondary N) is 1. The molecule has 1 fully saturated rings. The lowest BCUT2D eigenvalue weighted by atomic mass is 10.1. The van der Waals surface area contributed by atoms with Crippen molar-refractivity contribution in [1.82, 2.24) is 13.9 Å². The van der Waals surface area contributed by atoms with Crippen molar-refractivity contribution in [3.63, 3.8) is 0 Å². The summed E-state index contributed by atoms with van der Waals surface area (Å²) in [4.78, 5) is 2.23. The van der Waals surface area contributed by atoms with E-state index in [9.17, 15) is 8.42 Å². The van der Waals surface area contributed by atoms with Gasteiger partial charge in [0.2, 0.25) is 0 Å². The Kier molecular flexibility index (Phi) is 8.16. The molecule has 1 saturated heterocycles. The summed E-state index contributed by atoms with van der Waals surface area (Å²) in [7, 11) is -3.46. The Labute approximate surface area is 157 Å². The van der Waals surface area contributed by atoms with Crippen molar-refractivity contribution >= 4 is 21.8 Å². The lowest BCUT2D eigenvalue weighted by molar-refractivity contribution is 0.219. The van der Waals surface area contributed by atoms with E-state index in [0.717, 1.165) is 44.3 Å². The van der Waals surface area contributed by atoms with Crippen LogP contribution in [-0.2, 0) is 10.2 Å². The van der Waals surface area contributed by atoms with E-state index in [2.05, 4.69) is 23.5 Å². The molecule has 1 aliphatic heterocycles. The Morgan fingerprint density at radius 3 is 2.28 bits per heavy atom. The van der Waals surface area contributed by atoms with Crippen LogP contribution in [-0.4, -0.2) is 50.3 Å². The quantitative estimate of drug-likeness (QED) is 0.743. The van der Waals surface area contributed by atoms with Crippen LogP contribution in [0.15, 0.2) is 24.3 Å². The molecule has 1 unspecified atom stereocenters. The van der Waals surface area contributed by atoms with Crippen LogP contribution in [0.1, 0.15) is 51.1 Å². The largest absolute Gasteiger partial charge is 0.296 e. The summed E-state index contributed by atoms with van der Waals surface area (Å²) in [6.07, 6.45) is 4.08. The first-order valence-corrected chi connectivity index (χ1v) is 11.0. The minimum Gasteiger partial charge on any atom is -0.296 e. The second-order valence-electron chi connectivity index (χ2n) is 6.43. The van der Waals surface area contributed by atoms with Gasteiger partial charge in [-0.1, -0.05) is 56.5 Å². The number of halogens is 1. The van der Waals surface area contributed by atoms with Gasteiger partial charge in [-0.25, -0.2) is 4.72 Å². The molecule has 2 rings (SSSR count). The number of hydrogen-bond donors (Lipinski definition) is 1. The summed E-state index contributed by atoms with van der Waals surface area (Å²) >= 11 is 6.38. The fourth-order valence-corrected chi connectivity index (χ4v) is 4.95. The predicted molar refractivity (Wildman–Crippen MR) is 104 cm³/mol. The van der Waals surface area contributed by atoms with Crippen molar-refractivity contribution < 1.29 is 8.42 Å². The minimum atomic E-state index is -3.46. The second-order valence-corrected chi connectivity index (χ2v) is 8.59. The summed E-state index contributed by atoms with van der Waals surface area (Å²) in [5, 5.41) is 0.674. The van der Waals surface area contributed by atoms with Gasteiger partial charge in [0.25, 0.3) is 10.2 Å². The summed E-state index contributed by atoms with van der Waals surface area (Å²) in [6.45, 7) is 7.36. The van der Waals surface area contributed by atoms with Gasteiger partial charge in [-0.05, 0) is 37.6 Å². The number of nitrogens with zero attached hydrogens (tertiary/aromatic N) is 2. The molecule has 1 aromatic rings. The standard InChI is InChI=1S/C18H30ClN3O2S/c1-3-21(4-2)18(16-11-7-8-12-17(16)19)15-20-25(23,24)22-13-9-5-6-10-14-22/h7-8,11-12,18,20H,3-6,9-10,13-15H2,1-2H3. The van der Waals surface area contributed by atoms with E-state index in [-0.39, 0.29) is 6.04 Å². The van der Waals surface area contributed by atoms with Crippen molar-refractivity contribution in [2.24, 2.45) is 0 Å². The first-order valence-electron chi connectivity index (χ1n) is 9.22. The van der Waals surface area contributed by atoms with Gasteiger partial charge >= 0.3 is 0 Å². The fourth-order valence-electron chi connectivity index (χ4n) is 3.40. The third-order valence-corrected chi connectivity index (χ3v) is 6.80. The highest BCUT2D eigenvalue weighted by Crippen LogP contribution is 2.27. The van der Waals surface area contributed by atoms with Gasteiger partial charge in [0.05, 0.1) is 0 Å². The monoisotopic (exact) mass is 387 g/mol. The molecule has 0 aliphatic carbocycles. The van der Waals surface area contributed by atoms with Crippen LogP contribution in [0.4, 0.5) is 0 Å². The summed E-state index contributed by atoms with van der Waals surface area (Å²) in [5.41, 5.74) is 0.964. The van der Waals surface area contributed by atoms with Gasteiger partial charge in [0.1, 0.15) is 0 Å². The lowest BCUT2D eigenvalue weighted by Crippen LogP contribution is -2.45. The van der Waals surface area contributed by atoms with Gasteiger partial charge < -0.3 is 0 Å². The third-order valence-electron chi connectivity index (χ3n) is 4.88. The van der Waals surface area contributed by atoms with Crippen LogP contribution < -0.4 is 4.72 Å². The van der Waals surface area contributed by atoms with Gasteiger partial charge in [0.15, 0.2) is 0 Å². The Morgan fingerprint density at radius 1 is 1.12 bits per heavy atom. The number of likely N-dealkylation sites (N-methyl/N-ethyl adjacent to an activating group) is 1. The third kappa shape index (κ3) is 5.66. The molecule has 7 heteroatoms. The van der Waals surface area contributed by atoms with E-state index in [0.29, 0.717) is 24.7 Å². The zero-order chi connectivity index (χ0) is 18.3. The minimum absolute atomic E-state index is 0.0783. The summed E-state index contributed by atoms with van der Waals surface area (Å²) in [5.74, 6) is 0. The van der Waals surface area contributed by atoms with E-state index in [1.807, 2.05) is 24.3 Å². The van der Waals surface area contributed by atoms with Crippen LogP contribution in [0, 0.1) is 0 Å². The normalized spacial score (nSPS) is 18.2. The molecule has 0 amide bonds. The van der Waals surface area contributed by atoms with Gasteiger partial charge in [-0.15, -0.1) is 0 Å². The zero-order valence-electron chi connectivity index (χ0n) is 15.2. The molecule has 1 N–H and O–H groups in total. The SMILES string of the molecule is CCN(CC)C(CNS(=O)(=O)N1CCCCCC1)c1ccccc1Cl. The molecule has 1 atom stereocenters. The molecule has 0 aromatic heterocycles. The fraction of sp³-hybridized carbons (Fsp3) is 0.667. The smallest absolute Gasteiger partial charge is 0.279 e. The second kappa shape index (κ2) is 9.88. The van der Waals surface area contributed by atoms with E-state index >= 15 is 0 Å². The highest BCUT2D eigenvalue weighted by atomic mass is 35.5. The number of hydrogen-bond acceptors (Lipinski definition) is 3. The zero-order valence-corrected chi connectivity index (χ0v) is 16.8. The molecule has 1 aromatic carbocycles. The predicted octanol–water partition coefficient (Wildman–Crippen LogP) is 3.43. The van der Waals surface area contributed by atoms with E-state index in [1.165, 1.54) is 0 Å². The maximum atomic E-state index is 12.7. The first kappa shape index (κ1) is 20.6. The Balaban J connectivity index is 2.15. The molecular formula is C18H30ClN3O2S. The van der Waals surface area contributed by atoms with Crippen LogP contribution in [0.2, 0.25) is 5.02 Å². The van der Waals surface area contributed by atoms with Crippen molar-refractivity contribution in [3.05, 3.63) is 34.9 Å². The van der Waals surface area contributed by atoms with Crippen molar-refractivity contribution in [2.75, 3.05) is 32.7 Å². The van der Waals surface area contributed by atoms with Crippen LogP contribution in [0.3, 0.4) is 0 Å². The molecule has 1 aliphatic rings. The molecule has 0 bridgehead atoms. The Hall–Kier alpha value is -0.660. The number of rotatable bonds is 8. The molecule has 0 radical (unpaired) electrons. The Morgan fingerprint density at radius 2 is 1.72 bits per heavy atom.